The molecular formula is C20H19ClN4O2S. The Morgan fingerprint density at radius 1 is 1.29 bits per heavy atom. The number of nitrogens with zero attached hydrogens (tertiary/aromatic N) is 3. The number of hydrogen-bond donors (Lipinski definition) is 1. The number of sulfone groups is 1. The molecule has 3 aromatic rings. The highest BCUT2D eigenvalue weighted by atomic mass is 35.5. The number of fused-ring (bicyclic) bond motifs is 1. The summed E-state index contributed by atoms with van der Waals surface area (Å²) in [6.45, 7) is 1.89. The Balaban J connectivity index is 1.91. The number of anilines is 1. The first-order valence-electron chi connectivity index (χ1n) is 8.84. The summed E-state index contributed by atoms with van der Waals surface area (Å²) in [5, 5.41) is 10.4. The Labute approximate surface area is 168 Å². The van der Waals surface area contributed by atoms with E-state index in [0.29, 0.717) is 34.7 Å². The third-order valence-electron chi connectivity index (χ3n) is 5.57. The largest absolute Gasteiger partial charge is 0.396 e. The smallest absolute Gasteiger partial charge is 0.150 e. The second-order valence-electron chi connectivity index (χ2n) is 7.41. The number of pyridine rings is 1. The molecule has 1 saturated carbocycles. The molecule has 2 aromatic heterocycles. The van der Waals surface area contributed by atoms with Crippen LogP contribution >= 0.6 is 11.6 Å². The predicted molar refractivity (Wildman–Crippen MR) is 111 cm³/mol. The molecule has 0 radical (unpaired) electrons. The van der Waals surface area contributed by atoms with Crippen molar-refractivity contribution in [3.05, 3.63) is 46.9 Å². The molecule has 144 valence electrons. The van der Waals surface area contributed by atoms with Gasteiger partial charge in [0.25, 0.3) is 0 Å². The van der Waals surface area contributed by atoms with Crippen LogP contribution in [-0.4, -0.2) is 29.5 Å². The topological polar surface area (TPSA) is 102 Å². The van der Waals surface area contributed by atoms with E-state index in [0.717, 1.165) is 22.0 Å². The number of hydrogen-bond acceptors (Lipinski definition) is 5. The van der Waals surface area contributed by atoms with E-state index in [4.69, 9.17) is 17.3 Å². The third kappa shape index (κ3) is 2.93. The van der Waals surface area contributed by atoms with E-state index in [2.05, 4.69) is 15.6 Å². The van der Waals surface area contributed by atoms with Crippen molar-refractivity contribution in [2.24, 2.45) is 0 Å². The molecule has 0 aliphatic heterocycles. The molecule has 2 N–H and O–H groups in total. The predicted octanol–water partition coefficient (Wildman–Crippen LogP) is 3.87. The molecule has 2 heterocycles. The number of aryl methyl sites for hydroxylation is 1. The normalized spacial score (nSPS) is 19.4. The van der Waals surface area contributed by atoms with Crippen LogP contribution in [0.3, 0.4) is 0 Å². The minimum atomic E-state index is -3.04. The standard InChI is InChI=1S/C20H19ClN4O2S/c1-11-3-19-15(4-12(11)7-22)17(16-8-24-9-18(23)20(16)21)10-25(19)13-5-14(6-13)28(2,26)27/h3-4,8-10,13-14H,5-6,23H2,1-2H3/t13-,14-. The SMILES string of the molecule is Cc1cc2c(cc1C#N)c(-c1cncc(N)c1Cl)cn2[C@H]1C[C@H](S(C)(=O)=O)C1. The second-order valence-corrected chi connectivity index (χ2v) is 10.1. The fourth-order valence-corrected chi connectivity index (χ4v) is 5.14. The highest BCUT2D eigenvalue weighted by Gasteiger charge is 2.38. The summed E-state index contributed by atoms with van der Waals surface area (Å²) in [6.07, 6.45) is 7.56. The van der Waals surface area contributed by atoms with Crippen LogP contribution in [-0.2, 0) is 9.84 Å². The lowest BCUT2D eigenvalue weighted by Crippen LogP contribution is -2.36. The number of aromatic nitrogens is 2. The fraction of sp³-hybridized carbons (Fsp3) is 0.300. The van der Waals surface area contributed by atoms with Crippen molar-refractivity contribution in [2.45, 2.75) is 31.1 Å². The van der Waals surface area contributed by atoms with E-state index in [-0.39, 0.29) is 11.3 Å². The Morgan fingerprint density at radius 2 is 2.00 bits per heavy atom. The maximum Gasteiger partial charge on any atom is 0.150 e. The van der Waals surface area contributed by atoms with Gasteiger partial charge in [-0.25, -0.2) is 8.42 Å². The monoisotopic (exact) mass is 414 g/mol. The van der Waals surface area contributed by atoms with Crippen molar-refractivity contribution >= 4 is 38.0 Å². The quantitative estimate of drug-likeness (QED) is 0.700. The van der Waals surface area contributed by atoms with Crippen molar-refractivity contribution in [3.63, 3.8) is 0 Å². The van der Waals surface area contributed by atoms with Gasteiger partial charge in [-0.15, -0.1) is 0 Å². The van der Waals surface area contributed by atoms with Crippen LogP contribution in [0, 0.1) is 18.3 Å². The summed E-state index contributed by atoms with van der Waals surface area (Å²) in [7, 11) is -3.04. The summed E-state index contributed by atoms with van der Waals surface area (Å²) >= 11 is 6.43. The Bertz CT molecular complexity index is 1250. The number of nitrogens with two attached hydrogens (primary N) is 1. The average molecular weight is 415 g/mol. The molecule has 0 spiro atoms. The van der Waals surface area contributed by atoms with Gasteiger partial charge >= 0.3 is 0 Å². The first-order valence-corrected chi connectivity index (χ1v) is 11.2. The van der Waals surface area contributed by atoms with Crippen molar-refractivity contribution in [2.75, 3.05) is 12.0 Å². The molecule has 6 nitrogen and oxygen atoms in total. The molecule has 28 heavy (non-hydrogen) atoms. The van der Waals surface area contributed by atoms with Crippen molar-refractivity contribution in [3.8, 4) is 17.2 Å². The molecule has 1 fully saturated rings. The summed E-state index contributed by atoms with van der Waals surface area (Å²) in [5.41, 5.74) is 10.2. The molecule has 1 aromatic carbocycles. The number of halogens is 1. The first-order chi connectivity index (χ1) is 13.2. The lowest BCUT2D eigenvalue weighted by atomic mass is 9.92. The average Bonchev–Trinajstić information content (AvgIpc) is 2.92. The lowest BCUT2D eigenvalue weighted by molar-refractivity contribution is 0.322. The van der Waals surface area contributed by atoms with E-state index in [1.54, 1.807) is 6.20 Å². The zero-order valence-corrected chi connectivity index (χ0v) is 17.0. The van der Waals surface area contributed by atoms with Crippen molar-refractivity contribution in [1.82, 2.24) is 9.55 Å². The Hall–Kier alpha value is -2.56. The molecule has 0 amide bonds. The summed E-state index contributed by atoms with van der Waals surface area (Å²) in [5.74, 6) is 0. The summed E-state index contributed by atoms with van der Waals surface area (Å²) in [6, 6.07) is 6.12. The van der Waals surface area contributed by atoms with Gasteiger partial charge in [0.05, 0.1) is 33.8 Å². The Kier molecular flexibility index (Phi) is 4.36. The highest BCUT2D eigenvalue weighted by molar-refractivity contribution is 7.91. The maximum atomic E-state index is 11.8. The van der Waals surface area contributed by atoms with Gasteiger partial charge in [-0.05, 0) is 37.5 Å². The molecule has 1 aliphatic carbocycles. The lowest BCUT2D eigenvalue weighted by Gasteiger charge is -2.35. The molecular weight excluding hydrogens is 396 g/mol. The number of nitrogen functional groups attached to an aromatic ring is 1. The third-order valence-corrected chi connectivity index (χ3v) is 7.58. The van der Waals surface area contributed by atoms with E-state index >= 15 is 0 Å². The number of nitriles is 1. The van der Waals surface area contributed by atoms with Crippen LogP contribution in [0.5, 0.6) is 0 Å². The minimum absolute atomic E-state index is 0.0797. The van der Waals surface area contributed by atoms with Gasteiger partial charge in [-0.2, -0.15) is 5.26 Å². The van der Waals surface area contributed by atoms with Crippen LogP contribution in [0.1, 0.15) is 30.0 Å². The van der Waals surface area contributed by atoms with E-state index < -0.39 is 9.84 Å². The van der Waals surface area contributed by atoms with Gasteiger partial charge in [0.15, 0.2) is 0 Å². The molecule has 0 saturated heterocycles. The maximum absolute atomic E-state index is 11.8. The second kappa shape index (κ2) is 6.50. The van der Waals surface area contributed by atoms with E-state index in [1.807, 2.05) is 25.3 Å². The molecule has 1 aliphatic rings. The van der Waals surface area contributed by atoms with Crippen molar-refractivity contribution < 1.29 is 8.42 Å². The van der Waals surface area contributed by atoms with E-state index in [9.17, 15) is 13.7 Å². The van der Waals surface area contributed by atoms with Crippen LogP contribution in [0.2, 0.25) is 5.02 Å². The summed E-state index contributed by atoms with van der Waals surface area (Å²) in [4.78, 5) is 4.16. The van der Waals surface area contributed by atoms with Crippen LogP contribution in [0.25, 0.3) is 22.0 Å². The first kappa shape index (κ1) is 18.8. The van der Waals surface area contributed by atoms with Gasteiger partial charge in [-0.3, -0.25) is 4.98 Å². The zero-order chi connectivity index (χ0) is 20.2. The van der Waals surface area contributed by atoms with Gasteiger partial charge in [-0.1, -0.05) is 11.6 Å². The van der Waals surface area contributed by atoms with Crippen LogP contribution in [0.15, 0.2) is 30.7 Å². The molecule has 0 unspecified atom stereocenters. The molecule has 8 heteroatoms. The molecule has 0 atom stereocenters. The molecule has 0 bridgehead atoms. The Morgan fingerprint density at radius 3 is 2.64 bits per heavy atom. The highest BCUT2D eigenvalue weighted by Crippen LogP contribution is 2.43. The number of benzene rings is 1. The van der Waals surface area contributed by atoms with Gasteiger partial charge < -0.3 is 10.3 Å². The molecule has 4 rings (SSSR count). The van der Waals surface area contributed by atoms with Crippen LogP contribution < -0.4 is 5.73 Å². The minimum Gasteiger partial charge on any atom is -0.396 e. The fourth-order valence-electron chi connectivity index (χ4n) is 3.80. The summed E-state index contributed by atoms with van der Waals surface area (Å²) < 4.78 is 25.7. The van der Waals surface area contributed by atoms with Crippen LogP contribution in [0.4, 0.5) is 5.69 Å². The van der Waals surface area contributed by atoms with Gasteiger partial charge in [0.1, 0.15) is 9.84 Å². The van der Waals surface area contributed by atoms with E-state index in [1.165, 1.54) is 12.5 Å². The van der Waals surface area contributed by atoms with Gasteiger partial charge in [0, 0.05) is 46.7 Å². The van der Waals surface area contributed by atoms with Crippen molar-refractivity contribution in [1.29, 1.82) is 5.26 Å². The zero-order valence-electron chi connectivity index (χ0n) is 15.5. The number of rotatable bonds is 3. The van der Waals surface area contributed by atoms with Gasteiger partial charge in [0.2, 0.25) is 0 Å².